The molecule has 1 heterocycles. The number of carboxylic acids is 2. The maximum absolute atomic E-state index is 13.7. The molecule has 39 heavy (non-hydrogen) atoms. The molecule has 1 fully saturated rings. The van der Waals surface area contributed by atoms with E-state index in [4.69, 9.17) is 4.74 Å². The van der Waals surface area contributed by atoms with Crippen LogP contribution in [0.1, 0.15) is 41.6 Å². The predicted octanol–water partition coefficient (Wildman–Crippen LogP) is 3.05. The van der Waals surface area contributed by atoms with Gasteiger partial charge in [0.25, 0.3) is 0 Å². The number of hydrogen-bond acceptors (Lipinski definition) is 7. The molecule has 0 aromatic heterocycles. The lowest BCUT2D eigenvalue weighted by Gasteiger charge is -2.35. The highest BCUT2D eigenvalue weighted by Crippen LogP contribution is 2.39. The molecule has 4 N–H and O–H groups in total. The molecule has 3 atom stereocenters. The van der Waals surface area contributed by atoms with E-state index in [1.807, 2.05) is 0 Å². The molecule has 1 saturated heterocycles. The number of aryl methyl sites for hydroxylation is 1. The van der Waals surface area contributed by atoms with Gasteiger partial charge in [-0.25, -0.2) is 13.2 Å². The summed E-state index contributed by atoms with van der Waals surface area (Å²) < 4.78 is 34.1. The molecule has 0 spiro atoms. The fourth-order valence-electron chi connectivity index (χ4n) is 4.80. The number of hydrogen-bond donors (Lipinski definition) is 4. The number of ether oxygens (including phenoxy) is 1. The van der Waals surface area contributed by atoms with Crippen molar-refractivity contribution in [3.8, 4) is 5.75 Å². The summed E-state index contributed by atoms with van der Waals surface area (Å²) in [4.78, 5) is 37.4. The maximum Gasteiger partial charge on any atom is 0.339 e. The van der Waals surface area contributed by atoms with Crippen LogP contribution in [0, 0.1) is 12.3 Å². The van der Waals surface area contributed by atoms with E-state index in [0.29, 0.717) is 18.7 Å². The second-order valence-electron chi connectivity index (χ2n) is 9.75. The van der Waals surface area contributed by atoms with Crippen molar-refractivity contribution in [3.05, 3.63) is 83.6 Å². The minimum absolute atomic E-state index is 0.0358. The van der Waals surface area contributed by atoms with Gasteiger partial charge in [0.2, 0.25) is 10.0 Å². The Labute approximate surface area is 226 Å². The van der Waals surface area contributed by atoms with E-state index in [1.54, 1.807) is 43.3 Å². The first-order valence-corrected chi connectivity index (χ1v) is 14.0. The van der Waals surface area contributed by atoms with E-state index in [1.165, 1.54) is 30.3 Å². The lowest BCUT2D eigenvalue weighted by Crippen LogP contribution is -2.49. The lowest BCUT2D eigenvalue weighted by molar-refractivity contribution is -0.140. The van der Waals surface area contributed by atoms with Gasteiger partial charge in [-0.05, 0) is 75.6 Å². The summed E-state index contributed by atoms with van der Waals surface area (Å²) in [7, 11) is -4.19. The fraction of sp³-hybridized carbons (Fsp3) is 0.321. The number of sulfonamides is 1. The summed E-state index contributed by atoms with van der Waals surface area (Å²) in [5.41, 5.74) is -0.521. The number of Topliss-reactive ketones (excluding diaryl/α,β-unsaturated/α-hetero) is 1. The number of nitrogens with one attached hydrogen (secondary N) is 2. The lowest BCUT2D eigenvalue weighted by atomic mass is 9.70. The van der Waals surface area contributed by atoms with E-state index < -0.39 is 39.5 Å². The Bertz CT molecular complexity index is 1430. The third kappa shape index (κ3) is 6.44. The smallest absolute Gasteiger partial charge is 0.339 e. The SMILES string of the molecule is Cc1ccc(S(=O)(=O)N[C@@H](CC2(C(=O)[C@@H]3CCCN3)C=CC(Oc3ccccc3C(=O)O)=CC2)C(=O)O)cc1. The monoisotopic (exact) mass is 554 g/mol. The van der Waals surface area contributed by atoms with Gasteiger partial charge in [0.1, 0.15) is 23.1 Å². The van der Waals surface area contributed by atoms with Crippen LogP contribution < -0.4 is 14.8 Å². The zero-order chi connectivity index (χ0) is 28.2. The molecular weight excluding hydrogens is 524 g/mol. The highest BCUT2D eigenvalue weighted by atomic mass is 32.2. The first-order valence-electron chi connectivity index (χ1n) is 12.5. The van der Waals surface area contributed by atoms with Gasteiger partial charge in [-0.2, -0.15) is 4.72 Å². The van der Waals surface area contributed by atoms with Crippen molar-refractivity contribution in [2.75, 3.05) is 6.54 Å². The standard InChI is InChI=1S/C28H30N2O8S/c1-18-8-10-20(11-9-18)39(36,37)30-23(27(34)35)17-28(25(31)22-6-4-16-29-22)14-12-19(13-15-28)38-24-7-3-2-5-21(24)26(32)33/h2-3,5,7-14,22-23,29-30H,4,6,15-17H2,1H3,(H,32,33)(H,34,35)/t22-,23-,28?/m0/s1. The summed E-state index contributed by atoms with van der Waals surface area (Å²) >= 11 is 0. The molecule has 206 valence electrons. The van der Waals surface area contributed by atoms with Crippen LogP contribution in [0.25, 0.3) is 0 Å². The van der Waals surface area contributed by atoms with Gasteiger partial charge in [0.05, 0.1) is 16.4 Å². The Balaban J connectivity index is 1.61. The molecule has 0 radical (unpaired) electrons. The van der Waals surface area contributed by atoms with Gasteiger partial charge in [0, 0.05) is 0 Å². The molecule has 10 nitrogen and oxygen atoms in total. The molecule has 2 aliphatic rings. The molecule has 1 aliphatic heterocycles. The molecule has 4 rings (SSSR count). The molecule has 2 aromatic carbocycles. The number of carboxylic acid groups (broad SMARTS) is 2. The van der Waals surface area contributed by atoms with Crippen molar-refractivity contribution < 1.29 is 37.8 Å². The number of aliphatic carboxylic acids is 1. The normalized spacial score (nSPS) is 21.7. The second-order valence-corrected chi connectivity index (χ2v) is 11.5. The minimum atomic E-state index is -4.19. The van der Waals surface area contributed by atoms with Crippen LogP contribution in [-0.4, -0.2) is 55.0 Å². The summed E-state index contributed by atoms with van der Waals surface area (Å²) in [5, 5.41) is 22.6. The van der Waals surface area contributed by atoms with E-state index in [9.17, 15) is 33.0 Å². The quantitative estimate of drug-likeness (QED) is 0.327. The number of carbonyl (C=O) groups is 3. The topological polar surface area (TPSA) is 159 Å². The molecule has 0 amide bonds. The number of allylic oxidation sites excluding steroid dienone is 3. The summed E-state index contributed by atoms with van der Waals surface area (Å²) in [6.45, 7) is 2.45. The van der Waals surface area contributed by atoms with Gasteiger partial charge in [-0.1, -0.05) is 35.9 Å². The Morgan fingerprint density at radius 3 is 2.44 bits per heavy atom. The number of carbonyl (C=O) groups excluding carboxylic acids is 1. The van der Waals surface area contributed by atoms with Crippen LogP contribution >= 0.6 is 0 Å². The summed E-state index contributed by atoms with van der Waals surface area (Å²) in [5.74, 6) is -2.40. The molecule has 2 aromatic rings. The fourth-order valence-corrected chi connectivity index (χ4v) is 5.99. The first-order chi connectivity index (χ1) is 18.5. The van der Waals surface area contributed by atoms with Crippen LogP contribution in [0.5, 0.6) is 5.75 Å². The number of aromatic carboxylic acids is 1. The zero-order valence-electron chi connectivity index (χ0n) is 21.3. The summed E-state index contributed by atoms with van der Waals surface area (Å²) in [6, 6.07) is 10.0. The average molecular weight is 555 g/mol. The van der Waals surface area contributed by atoms with Crippen LogP contribution in [0.2, 0.25) is 0 Å². The number of para-hydroxylation sites is 1. The summed E-state index contributed by atoms with van der Waals surface area (Å²) in [6.07, 6.45) is 5.73. The van der Waals surface area contributed by atoms with Crippen LogP contribution in [0.3, 0.4) is 0 Å². The van der Waals surface area contributed by atoms with Crippen molar-refractivity contribution in [1.29, 1.82) is 0 Å². The predicted molar refractivity (Wildman–Crippen MR) is 142 cm³/mol. The van der Waals surface area contributed by atoms with Crippen LogP contribution in [-0.2, 0) is 19.6 Å². The molecule has 1 unspecified atom stereocenters. The highest BCUT2D eigenvalue weighted by Gasteiger charge is 2.45. The van der Waals surface area contributed by atoms with Gasteiger partial charge >= 0.3 is 11.9 Å². The third-order valence-electron chi connectivity index (χ3n) is 6.94. The van der Waals surface area contributed by atoms with Crippen molar-refractivity contribution in [1.82, 2.24) is 10.0 Å². The largest absolute Gasteiger partial charge is 0.480 e. The molecule has 0 saturated carbocycles. The zero-order valence-corrected chi connectivity index (χ0v) is 22.1. The van der Waals surface area contributed by atoms with Crippen molar-refractivity contribution in [2.45, 2.75) is 49.6 Å². The van der Waals surface area contributed by atoms with E-state index in [0.717, 1.165) is 12.0 Å². The minimum Gasteiger partial charge on any atom is -0.480 e. The van der Waals surface area contributed by atoms with Crippen LogP contribution in [0.4, 0.5) is 0 Å². The van der Waals surface area contributed by atoms with E-state index in [2.05, 4.69) is 10.0 Å². The number of benzene rings is 2. The Hall–Kier alpha value is -3.80. The molecule has 0 bridgehead atoms. The second kappa shape index (κ2) is 11.5. The Kier molecular flexibility index (Phi) is 8.34. The van der Waals surface area contributed by atoms with Gasteiger partial charge in [0.15, 0.2) is 5.78 Å². The number of ketones is 1. The van der Waals surface area contributed by atoms with Gasteiger partial charge in [-0.15, -0.1) is 0 Å². The highest BCUT2D eigenvalue weighted by molar-refractivity contribution is 7.89. The van der Waals surface area contributed by atoms with Gasteiger partial charge in [-0.3, -0.25) is 9.59 Å². The Morgan fingerprint density at radius 1 is 1.13 bits per heavy atom. The maximum atomic E-state index is 13.7. The van der Waals surface area contributed by atoms with E-state index in [-0.39, 0.29) is 34.8 Å². The van der Waals surface area contributed by atoms with E-state index >= 15 is 0 Å². The Morgan fingerprint density at radius 2 is 1.85 bits per heavy atom. The van der Waals surface area contributed by atoms with Crippen molar-refractivity contribution >= 4 is 27.7 Å². The first kappa shape index (κ1) is 28.2. The van der Waals surface area contributed by atoms with Crippen molar-refractivity contribution in [3.63, 3.8) is 0 Å². The molecule has 11 heteroatoms. The van der Waals surface area contributed by atoms with Crippen LogP contribution in [0.15, 0.2) is 77.4 Å². The number of rotatable bonds is 11. The molecule has 1 aliphatic carbocycles. The third-order valence-corrected chi connectivity index (χ3v) is 8.43. The average Bonchev–Trinajstić information content (AvgIpc) is 3.44. The van der Waals surface area contributed by atoms with Crippen molar-refractivity contribution in [2.24, 2.45) is 5.41 Å². The van der Waals surface area contributed by atoms with Gasteiger partial charge < -0.3 is 20.3 Å². The molecular formula is C28H30N2O8S.